The molecule has 0 spiro atoms. The summed E-state index contributed by atoms with van der Waals surface area (Å²) in [6.07, 6.45) is 0.969. The highest BCUT2D eigenvalue weighted by Gasteiger charge is 2.39. The number of carbonyl (C=O) groups is 3. The van der Waals surface area contributed by atoms with Crippen molar-refractivity contribution in [3.8, 4) is 11.3 Å². The molecule has 17 heteroatoms. The third-order valence-electron chi connectivity index (χ3n) is 9.70. The molecule has 1 saturated carbocycles. The number of anilines is 1. The maximum Gasteiger partial charge on any atom is 0.425 e. The van der Waals surface area contributed by atoms with Crippen LogP contribution >= 0.6 is 0 Å². The summed E-state index contributed by atoms with van der Waals surface area (Å²) in [5.41, 5.74) is -2.85. The number of benzene rings is 2. The van der Waals surface area contributed by atoms with Crippen LogP contribution in [0.4, 0.5) is 33.4 Å². The summed E-state index contributed by atoms with van der Waals surface area (Å²) < 4.78 is 91.9. The van der Waals surface area contributed by atoms with Gasteiger partial charge >= 0.3 is 18.3 Å². The second kappa shape index (κ2) is 17.3. The molecule has 1 aliphatic rings. The van der Waals surface area contributed by atoms with Crippen LogP contribution in [0.3, 0.4) is 0 Å². The standard InChI is InChI=1S/C44H56F3N5O8S/c1-24(2)52-37-31(26-13-15-28(16-14-26)49-39(53)58-42(4,5)6)22-48-38(51(40(54)59-43(7,8)9)41(55)60-44(10,11)12)35(37)36(50-52)30-21-33(46)27(20-34(30)47)23-61(56,57)29-17-18-32(45)25(3)19-29/h17-22,24,26,28H,13-16,23H2,1-12H3,(H,49,53). The Morgan fingerprint density at radius 1 is 0.836 bits per heavy atom. The molecule has 0 bridgehead atoms. The summed E-state index contributed by atoms with van der Waals surface area (Å²) in [6.45, 7) is 20.0. The maximum atomic E-state index is 16.6. The van der Waals surface area contributed by atoms with E-state index < -0.39 is 85.3 Å². The first-order valence-corrected chi connectivity index (χ1v) is 21.8. The Kier molecular flexibility index (Phi) is 13.3. The van der Waals surface area contributed by atoms with Crippen molar-refractivity contribution < 1.29 is 50.2 Å². The van der Waals surface area contributed by atoms with Crippen LogP contribution in [0, 0.1) is 24.4 Å². The Bertz CT molecular complexity index is 2410. The van der Waals surface area contributed by atoms with E-state index in [2.05, 4.69) is 10.3 Å². The number of fused-ring (bicyclic) bond motifs is 1. The molecule has 5 rings (SSSR count). The molecule has 332 valence electrons. The molecule has 1 aliphatic carbocycles. The Balaban J connectivity index is 1.71. The Morgan fingerprint density at radius 2 is 1.41 bits per heavy atom. The third kappa shape index (κ3) is 11.2. The lowest BCUT2D eigenvalue weighted by molar-refractivity contribution is 0.0425. The normalized spacial score (nSPS) is 16.4. The number of aryl methyl sites for hydroxylation is 1. The number of imide groups is 1. The first-order chi connectivity index (χ1) is 28.0. The van der Waals surface area contributed by atoms with Gasteiger partial charge in [0.25, 0.3) is 0 Å². The predicted molar refractivity (Wildman–Crippen MR) is 225 cm³/mol. The van der Waals surface area contributed by atoms with E-state index in [1.165, 1.54) is 13.1 Å². The van der Waals surface area contributed by atoms with E-state index >= 15 is 8.78 Å². The number of halogens is 3. The summed E-state index contributed by atoms with van der Waals surface area (Å²) in [7, 11) is -4.26. The number of sulfone groups is 1. The zero-order valence-electron chi connectivity index (χ0n) is 36.8. The fourth-order valence-electron chi connectivity index (χ4n) is 7.07. The van der Waals surface area contributed by atoms with Gasteiger partial charge in [0.2, 0.25) is 0 Å². The highest BCUT2D eigenvalue weighted by Crippen LogP contribution is 2.44. The van der Waals surface area contributed by atoms with E-state index in [1.54, 1.807) is 67.0 Å². The van der Waals surface area contributed by atoms with Gasteiger partial charge in [-0.1, -0.05) is 0 Å². The molecule has 61 heavy (non-hydrogen) atoms. The van der Waals surface area contributed by atoms with E-state index in [9.17, 15) is 27.2 Å². The number of rotatable bonds is 8. The molecule has 13 nitrogen and oxygen atoms in total. The zero-order valence-corrected chi connectivity index (χ0v) is 37.6. The van der Waals surface area contributed by atoms with Crippen molar-refractivity contribution in [2.75, 3.05) is 4.90 Å². The van der Waals surface area contributed by atoms with E-state index in [1.807, 2.05) is 13.8 Å². The molecular weight excluding hydrogens is 816 g/mol. The van der Waals surface area contributed by atoms with Gasteiger partial charge in [0.15, 0.2) is 15.7 Å². The highest BCUT2D eigenvalue weighted by molar-refractivity contribution is 7.90. The Morgan fingerprint density at radius 3 is 1.93 bits per heavy atom. The molecular formula is C44H56F3N5O8S. The summed E-state index contributed by atoms with van der Waals surface area (Å²) in [4.78, 5) is 45.7. The average Bonchev–Trinajstić information content (AvgIpc) is 3.50. The topological polar surface area (TPSA) is 159 Å². The van der Waals surface area contributed by atoms with E-state index in [0.717, 1.165) is 30.3 Å². The number of hydrogen-bond acceptors (Lipinski definition) is 10. The molecule has 1 fully saturated rings. The van der Waals surface area contributed by atoms with Crippen LogP contribution < -0.4 is 10.2 Å². The molecule has 0 atom stereocenters. The summed E-state index contributed by atoms with van der Waals surface area (Å²) >= 11 is 0. The number of amides is 3. The Labute approximate surface area is 355 Å². The van der Waals surface area contributed by atoms with Crippen molar-refractivity contribution in [3.63, 3.8) is 0 Å². The number of ether oxygens (including phenoxy) is 3. The molecule has 3 amide bonds. The molecule has 0 saturated heterocycles. The number of pyridine rings is 1. The Hall–Kier alpha value is -5.19. The second-order valence-corrected chi connectivity index (χ2v) is 20.7. The lowest BCUT2D eigenvalue weighted by Gasteiger charge is -2.31. The largest absolute Gasteiger partial charge is 0.444 e. The van der Waals surface area contributed by atoms with Gasteiger partial charge in [-0.2, -0.15) is 10.00 Å². The van der Waals surface area contributed by atoms with E-state index in [-0.39, 0.29) is 39.3 Å². The monoisotopic (exact) mass is 871 g/mol. The molecule has 2 aromatic heterocycles. The quantitative estimate of drug-likeness (QED) is 0.133. The molecule has 0 unspecified atom stereocenters. The molecule has 2 heterocycles. The smallest absolute Gasteiger partial charge is 0.425 e. The molecule has 0 aliphatic heterocycles. The fourth-order valence-corrected chi connectivity index (χ4v) is 8.50. The van der Waals surface area contributed by atoms with Gasteiger partial charge in [-0.25, -0.2) is 41.0 Å². The molecule has 1 N–H and O–H groups in total. The first-order valence-electron chi connectivity index (χ1n) is 20.2. The molecule has 4 aromatic rings. The van der Waals surface area contributed by atoms with Crippen molar-refractivity contribution in [1.29, 1.82) is 0 Å². The minimum absolute atomic E-state index is 0.0115. The number of carbonyl (C=O) groups excluding carboxylic acids is 3. The summed E-state index contributed by atoms with van der Waals surface area (Å²) in [5.74, 6) is -4.20. The van der Waals surface area contributed by atoms with Crippen molar-refractivity contribution in [2.24, 2.45) is 0 Å². The van der Waals surface area contributed by atoms with E-state index in [4.69, 9.17) is 19.3 Å². The number of nitrogens with zero attached hydrogens (tertiary/aromatic N) is 4. The second-order valence-electron chi connectivity index (χ2n) is 18.7. The zero-order chi connectivity index (χ0) is 45.6. The van der Waals surface area contributed by atoms with Gasteiger partial charge in [-0.3, -0.25) is 4.68 Å². The van der Waals surface area contributed by atoms with Gasteiger partial charge in [-0.05, 0) is 156 Å². The summed E-state index contributed by atoms with van der Waals surface area (Å²) in [6, 6.07) is 4.15. The van der Waals surface area contributed by atoms with Gasteiger partial charge in [0.1, 0.15) is 39.9 Å². The van der Waals surface area contributed by atoms with E-state index in [0.29, 0.717) is 41.7 Å². The van der Waals surface area contributed by atoms with Crippen molar-refractivity contribution in [2.45, 2.75) is 154 Å². The lowest BCUT2D eigenvalue weighted by Crippen LogP contribution is -2.44. The average molecular weight is 872 g/mol. The van der Waals surface area contributed by atoms with Gasteiger partial charge in [0, 0.05) is 29.4 Å². The van der Waals surface area contributed by atoms with Crippen LogP contribution in [0.2, 0.25) is 0 Å². The first kappa shape index (κ1) is 46.9. The van der Waals surface area contributed by atoms with Crippen LogP contribution in [0.1, 0.15) is 130 Å². The maximum absolute atomic E-state index is 16.6. The number of aromatic nitrogens is 3. The molecule has 2 aromatic carbocycles. The minimum atomic E-state index is -4.26. The number of hydrogen-bond donors (Lipinski definition) is 1. The van der Waals surface area contributed by atoms with Crippen LogP contribution in [-0.4, -0.2) is 64.3 Å². The van der Waals surface area contributed by atoms with Crippen molar-refractivity contribution in [1.82, 2.24) is 20.1 Å². The van der Waals surface area contributed by atoms with Gasteiger partial charge in [-0.15, -0.1) is 0 Å². The van der Waals surface area contributed by atoms with Gasteiger partial charge in [0.05, 0.1) is 21.6 Å². The van der Waals surface area contributed by atoms with Gasteiger partial charge < -0.3 is 19.5 Å². The van der Waals surface area contributed by atoms with Crippen LogP contribution in [0.5, 0.6) is 0 Å². The summed E-state index contributed by atoms with van der Waals surface area (Å²) in [5, 5.41) is 7.74. The van der Waals surface area contributed by atoms with Crippen LogP contribution in [0.15, 0.2) is 41.4 Å². The molecule has 0 radical (unpaired) electrons. The third-order valence-corrected chi connectivity index (χ3v) is 11.4. The minimum Gasteiger partial charge on any atom is -0.444 e. The highest BCUT2D eigenvalue weighted by atomic mass is 32.2. The van der Waals surface area contributed by atoms with Crippen LogP contribution in [-0.2, 0) is 29.8 Å². The lowest BCUT2D eigenvalue weighted by atomic mass is 9.81. The predicted octanol–water partition coefficient (Wildman–Crippen LogP) is 10.6. The van der Waals surface area contributed by atoms with Crippen molar-refractivity contribution in [3.05, 3.63) is 70.7 Å². The fraction of sp³-hybridized carbons (Fsp3) is 0.523. The number of nitrogens with one attached hydrogen (secondary N) is 1. The number of alkyl carbamates (subject to hydrolysis) is 1. The van der Waals surface area contributed by atoms with Crippen LogP contribution in [0.25, 0.3) is 22.2 Å². The SMILES string of the molecule is Cc1cc(S(=O)(=O)Cc2cc(F)c(-c3nn(C(C)C)c4c(C5CCC(NC(=O)OC(C)(C)C)CC5)cnc(N(C(=O)OC(C)(C)C)C(=O)OC(C)(C)C)c34)cc2F)ccc1F. The van der Waals surface area contributed by atoms with Crippen molar-refractivity contribution >= 4 is 44.8 Å².